The summed E-state index contributed by atoms with van der Waals surface area (Å²) in [7, 11) is -0.952. The average molecular weight is 1080 g/mol. The Kier molecular flexibility index (Phi) is 14.5. The number of nitrogens with zero attached hydrogens (tertiary/aromatic N) is 10. The van der Waals surface area contributed by atoms with Gasteiger partial charge in [0.25, 0.3) is 5.70 Å². The van der Waals surface area contributed by atoms with Gasteiger partial charge in [0, 0.05) is 78.1 Å². The van der Waals surface area contributed by atoms with Crippen molar-refractivity contribution >= 4 is 30.7 Å². The fourth-order valence-electron chi connectivity index (χ4n) is 9.87. The number of imidazole rings is 1. The number of rotatable bonds is 8. The molecule has 1 atom stereocenters. The Labute approximate surface area is 465 Å². The van der Waals surface area contributed by atoms with Gasteiger partial charge in [0.05, 0.1) is 97.2 Å². The summed E-state index contributed by atoms with van der Waals surface area (Å²) in [5.74, 6) is 1.05. The van der Waals surface area contributed by atoms with E-state index in [4.69, 9.17) is 38.4 Å². The van der Waals surface area contributed by atoms with Crippen molar-refractivity contribution in [3.8, 4) is 45.3 Å². The summed E-state index contributed by atoms with van der Waals surface area (Å²) >= 11 is 0. The molecule has 7 aromatic rings. The standard InChI is InChI=1S/C23H20N8.C22H22N6O3.C12H24B2O4/c1-14-3-2-4-19(27-14)23-16(11-26-30-23)17-5-6-18-20(28-17)9-15(10-25-18)21-13-31-8-7-24-12-22(31)29-21;1-14-5-4-6-19(24-14)22-16(13-27(26-22)21-7-2-3-10-31-21)17-8-9-18-20(25-17)11-15(12-23-18)28(29)30;1-9(2)10(3,4)16-13(15-9)14-17-11(5,6)12(7,8)18-14/h2-6,9-11,13,24H,7-8,12H2,1H3,(H,26,30);4-6,8-9,11-13,21,23,25H,2-3,7,10H2,1H3;1-8H3. The molecule has 412 valence electrons. The number of H-pyrrole nitrogens is 1. The van der Waals surface area contributed by atoms with Crippen molar-refractivity contribution in [2.24, 2.45) is 0 Å². The molecular formula is C57H66B2N14O7. The lowest BCUT2D eigenvalue weighted by atomic mass is 9.49. The number of pyridine rings is 4. The fraction of sp³-hybridized carbons (Fsp3) is 0.386. The highest BCUT2D eigenvalue weighted by Gasteiger charge is 2.63. The molecule has 0 bridgehead atoms. The number of aryl methyl sites for hydroxylation is 2. The molecule has 6 aliphatic rings. The lowest BCUT2D eigenvalue weighted by Crippen LogP contribution is -2.41. The number of ether oxygens (including phenoxy) is 1. The molecule has 13 heterocycles. The molecule has 13 rings (SSSR count). The first-order valence-electron chi connectivity index (χ1n) is 27.1. The highest BCUT2D eigenvalue weighted by molar-refractivity contribution is 7.11. The molecule has 0 radical (unpaired) electrons. The maximum absolute atomic E-state index is 11.2. The molecule has 4 N–H and O–H groups in total. The van der Waals surface area contributed by atoms with Crippen molar-refractivity contribution in [1.82, 2.24) is 65.4 Å². The first-order chi connectivity index (χ1) is 38.2. The van der Waals surface area contributed by atoms with Gasteiger partial charge in [0.1, 0.15) is 17.7 Å². The number of nitrogens with one attached hydrogen (secondary N) is 4. The molecular weight excluding hydrogens is 1010 g/mol. The second-order valence-electron chi connectivity index (χ2n) is 22.6. The van der Waals surface area contributed by atoms with Crippen LogP contribution in [0.15, 0.2) is 121 Å². The lowest BCUT2D eigenvalue weighted by molar-refractivity contribution is -0.419. The van der Waals surface area contributed by atoms with E-state index in [1.807, 2.05) is 147 Å². The smallest absolute Gasteiger partial charge is 0.405 e. The number of hydrogen-bond acceptors (Lipinski definition) is 17. The molecule has 3 fully saturated rings. The van der Waals surface area contributed by atoms with Gasteiger partial charge in [-0.25, -0.2) is 14.6 Å². The molecule has 23 heteroatoms. The third-order valence-corrected chi connectivity index (χ3v) is 15.8. The molecule has 0 amide bonds. The van der Waals surface area contributed by atoms with Gasteiger partial charge >= 0.3 is 14.0 Å². The van der Waals surface area contributed by atoms with Gasteiger partial charge in [-0.05, 0) is 143 Å². The topological polar surface area (TPSA) is 241 Å². The SMILES string of the molecule is CC1(C)OB(B2OC(C)(C)C(C)(C)O2)OC1(C)C.Cc1cccc(-c2[nH]ncc2-c2ccc3ncc(-c4cn5c(n4)CNCC5)cc3n2)n1.Cc1cccc(-c2nn(C3CCCCO3)cc2C2=CC=C3NC=C([N+](=O)[O-])C=C3N2)n1. The van der Waals surface area contributed by atoms with Gasteiger partial charge in [-0.2, -0.15) is 10.2 Å². The summed E-state index contributed by atoms with van der Waals surface area (Å²) in [6, 6.07) is 17.8. The van der Waals surface area contributed by atoms with Crippen LogP contribution in [0.3, 0.4) is 0 Å². The van der Waals surface area contributed by atoms with Crippen molar-refractivity contribution in [2.75, 3.05) is 13.2 Å². The van der Waals surface area contributed by atoms with Crippen LogP contribution in [0, 0.1) is 24.0 Å². The van der Waals surface area contributed by atoms with Crippen LogP contribution >= 0.6 is 0 Å². The minimum absolute atomic E-state index is 0.00669. The highest BCUT2D eigenvalue weighted by atomic mass is 16.7. The van der Waals surface area contributed by atoms with E-state index >= 15 is 0 Å². The van der Waals surface area contributed by atoms with Crippen LogP contribution in [0.4, 0.5) is 0 Å². The maximum atomic E-state index is 11.2. The molecule has 6 aliphatic heterocycles. The number of hydrogen-bond donors (Lipinski definition) is 4. The van der Waals surface area contributed by atoms with E-state index in [-0.39, 0.29) is 34.3 Å². The number of nitro groups is 1. The van der Waals surface area contributed by atoms with E-state index in [2.05, 4.69) is 57.9 Å². The number of aromatic nitrogens is 10. The molecule has 80 heavy (non-hydrogen) atoms. The first-order valence-corrected chi connectivity index (χ1v) is 27.1. The van der Waals surface area contributed by atoms with E-state index in [0.717, 1.165) is 136 Å². The van der Waals surface area contributed by atoms with E-state index in [1.165, 1.54) is 12.3 Å². The van der Waals surface area contributed by atoms with Gasteiger partial charge in [0.2, 0.25) is 0 Å². The Morgan fingerprint density at radius 3 is 2.08 bits per heavy atom. The summed E-state index contributed by atoms with van der Waals surface area (Å²) < 4.78 is 33.8. The number of fused-ring (bicyclic) bond motifs is 3. The zero-order chi connectivity index (χ0) is 56.1. The summed E-state index contributed by atoms with van der Waals surface area (Å²) in [6.07, 6.45) is 17.4. The van der Waals surface area contributed by atoms with E-state index in [1.54, 1.807) is 6.20 Å². The zero-order valence-corrected chi connectivity index (χ0v) is 46.8. The second-order valence-corrected chi connectivity index (χ2v) is 22.6. The van der Waals surface area contributed by atoms with Gasteiger partial charge in [-0.1, -0.05) is 12.1 Å². The third-order valence-electron chi connectivity index (χ3n) is 15.8. The van der Waals surface area contributed by atoms with Crippen molar-refractivity contribution in [2.45, 2.75) is 130 Å². The zero-order valence-electron chi connectivity index (χ0n) is 46.8. The lowest BCUT2D eigenvalue weighted by Gasteiger charge is -2.32. The largest absolute Gasteiger partial charge is 0.488 e. The number of aromatic amines is 1. The maximum Gasteiger partial charge on any atom is 0.488 e. The Morgan fingerprint density at radius 1 is 0.725 bits per heavy atom. The van der Waals surface area contributed by atoms with Gasteiger partial charge < -0.3 is 43.9 Å². The predicted octanol–water partition coefficient (Wildman–Crippen LogP) is 8.99. The molecule has 1 unspecified atom stereocenters. The van der Waals surface area contributed by atoms with Gasteiger partial charge in [-0.3, -0.25) is 30.2 Å². The van der Waals surface area contributed by atoms with Crippen LogP contribution in [-0.2, 0) is 36.4 Å². The van der Waals surface area contributed by atoms with Crippen molar-refractivity contribution in [1.29, 1.82) is 0 Å². The minimum atomic E-state index is -0.476. The van der Waals surface area contributed by atoms with E-state index < -0.39 is 18.9 Å². The Hall–Kier alpha value is -7.66. The summed E-state index contributed by atoms with van der Waals surface area (Å²) in [6.45, 7) is 23.5. The Balaban J connectivity index is 0.000000132. The summed E-state index contributed by atoms with van der Waals surface area (Å²) in [5, 5.41) is 33.0. The molecule has 0 spiro atoms. The molecule has 21 nitrogen and oxygen atoms in total. The number of allylic oxidation sites excluding steroid dienone is 3. The molecule has 0 aliphatic carbocycles. The molecule has 7 aromatic heterocycles. The molecule has 0 aromatic carbocycles. The Bertz CT molecular complexity index is 3540. The average Bonchev–Trinajstić information content (AvgIpc) is 4.30. The van der Waals surface area contributed by atoms with Crippen LogP contribution in [0.25, 0.3) is 62.0 Å². The fourth-order valence-corrected chi connectivity index (χ4v) is 9.87. The third kappa shape index (κ3) is 11.0. The number of dihydropyridines is 2. The van der Waals surface area contributed by atoms with E-state index in [9.17, 15) is 10.1 Å². The first kappa shape index (κ1) is 54.3. The monoisotopic (exact) mass is 1080 g/mol. The molecule has 3 saturated heterocycles. The summed E-state index contributed by atoms with van der Waals surface area (Å²) in [4.78, 5) is 34.3. The second kappa shape index (κ2) is 21.4. The Morgan fingerprint density at radius 2 is 1.41 bits per heavy atom. The van der Waals surface area contributed by atoms with Crippen molar-refractivity contribution in [3.63, 3.8) is 0 Å². The van der Waals surface area contributed by atoms with Crippen LogP contribution in [0.1, 0.15) is 104 Å². The van der Waals surface area contributed by atoms with E-state index in [0.29, 0.717) is 5.70 Å². The van der Waals surface area contributed by atoms with Crippen LogP contribution < -0.4 is 16.0 Å². The normalized spacial score (nSPS) is 20.3. The van der Waals surface area contributed by atoms with Crippen LogP contribution in [-0.4, -0.2) is 104 Å². The van der Waals surface area contributed by atoms with Crippen molar-refractivity contribution < 1.29 is 28.3 Å². The quantitative estimate of drug-likeness (QED) is 0.0630. The van der Waals surface area contributed by atoms with Gasteiger partial charge in [0.15, 0.2) is 0 Å². The van der Waals surface area contributed by atoms with Gasteiger partial charge in [-0.15, -0.1) is 0 Å². The predicted molar refractivity (Wildman–Crippen MR) is 305 cm³/mol. The van der Waals surface area contributed by atoms with Crippen molar-refractivity contribution in [3.05, 3.63) is 154 Å². The highest BCUT2D eigenvalue weighted by Crippen LogP contribution is 2.43. The molecule has 0 saturated carbocycles. The summed E-state index contributed by atoms with van der Waals surface area (Å²) in [5.41, 5.74) is 12.0. The van der Waals surface area contributed by atoms with Crippen LogP contribution in [0.2, 0.25) is 0 Å². The van der Waals surface area contributed by atoms with Crippen LogP contribution in [0.5, 0.6) is 0 Å². The minimum Gasteiger partial charge on any atom is -0.405 e.